The number of benzene rings is 1. The fraction of sp³-hybridized carbons (Fsp3) is 0.538. The average Bonchev–Trinajstić information content (AvgIpc) is 2.27. The first-order valence-corrected chi connectivity index (χ1v) is 6.59. The molecular formula is C13H21NOS. The molecule has 0 heterocycles. The molecule has 2 N–H and O–H groups in total. The van der Waals surface area contributed by atoms with Gasteiger partial charge in [0.1, 0.15) is 0 Å². The molecule has 90 valence electrons. The summed E-state index contributed by atoms with van der Waals surface area (Å²) in [6.07, 6.45) is 0. The van der Waals surface area contributed by atoms with Gasteiger partial charge in [-0.05, 0) is 24.6 Å². The number of thioether (sulfide) groups is 1. The molecule has 1 aromatic carbocycles. The maximum Gasteiger partial charge on any atom is 0.0582 e. The topological polar surface area (TPSA) is 32.3 Å². The standard InChI is InChI=1S/C13H21NOS/c1-10(2)16-13-6-4-12(5-7-13)8-14-11(3)9-15/h4-7,10-11,14-15H,8-9H2,1-3H3. The van der Waals surface area contributed by atoms with E-state index in [0.717, 1.165) is 6.54 Å². The average molecular weight is 239 g/mol. The van der Waals surface area contributed by atoms with Crippen molar-refractivity contribution >= 4 is 11.8 Å². The summed E-state index contributed by atoms with van der Waals surface area (Å²) in [5.41, 5.74) is 1.26. The number of aliphatic hydroxyl groups excluding tert-OH is 1. The Morgan fingerprint density at radius 2 is 1.81 bits per heavy atom. The normalized spacial score (nSPS) is 13.1. The molecule has 1 unspecified atom stereocenters. The van der Waals surface area contributed by atoms with Gasteiger partial charge in [-0.25, -0.2) is 0 Å². The Balaban J connectivity index is 2.45. The first kappa shape index (κ1) is 13.6. The Bertz CT molecular complexity index is 297. The second-order valence-corrected chi connectivity index (χ2v) is 5.92. The zero-order chi connectivity index (χ0) is 12.0. The number of aliphatic hydroxyl groups is 1. The van der Waals surface area contributed by atoms with Crippen LogP contribution in [0.2, 0.25) is 0 Å². The molecule has 2 nitrogen and oxygen atoms in total. The van der Waals surface area contributed by atoms with Crippen LogP contribution in [0.4, 0.5) is 0 Å². The number of hydrogen-bond donors (Lipinski definition) is 2. The van der Waals surface area contributed by atoms with E-state index in [-0.39, 0.29) is 12.6 Å². The van der Waals surface area contributed by atoms with E-state index in [1.165, 1.54) is 10.5 Å². The maximum atomic E-state index is 8.89. The maximum absolute atomic E-state index is 8.89. The van der Waals surface area contributed by atoms with Gasteiger partial charge in [-0.15, -0.1) is 11.8 Å². The van der Waals surface area contributed by atoms with Crippen LogP contribution in [-0.2, 0) is 6.54 Å². The fourth-order valence-corrected chi connectivity index (χ4v) is 2.15. The molecule has 1 atom stereocenters. The minimum Gasteiger partial charge on any atom is -0.395 e. The van der Waals surface area contributed by atoms with E-state index in [4.69, 9.17) is 5.11 Å². The van der Waals surface area contributed by atoms with Crippen LogP contribution >= 0.6 is 11.8 Å². The van der Waals surface area contributed by atoms with E-state index in [1.807, 2.05) is 18.7 Å². The van der Waals surface area contributed by atoms with Gasteiger partial charge in [0.2, 0.25) is 0 Å². The largest absolute Gasteiger partial charge is 0.395 e. The summed E-state index contributed by atoms with van der Waals surface area (Å²) in [7, 11) is 0. The molecule has 0 aliphatic heterocycles. The molecule has 16 heavy (non-hydrogen) atoms. The van der Waals surface area contributed by atoms with Gasteiger partial charge in [0.15, 0.2) is 0 Å². The third-order valence-corrected chi connectivity index (χ3v) is 3.24. The van der Waals surface area contributed by atoms with E-state index in [1.54, 1.807) is 0 Å². The summed E-state index contributed by atoms with van der Waals surface area (Å²) in [5, 5.41) is 12.8. The molecule has 0 saturated carbocycles. The van der Waals surface area contributed by atoms with Gasteiger partial charge in [-0.1, -0.05) is 26.0 Å². The predicted molar refractivity (Wildman–Crippen MR) is 70.8 cm³/mol. The summed E-state index contributed by atoms with van der Waals surface area (Å²) < 4.78 is 0. The smallest absolute Gasteiger partial charge is 0.0582 e. The van der Waals surface area contributed by atoms with Crippen molar-refractivity contribution in [2.45, 2.75) is 43.5 Å². The van der Waals surface area contributed by atoms with Gasteiger partial charge in [-0.2, -0.15) is 0 Å². The highest BCUT2D eigenvalue weighted by Crippen LogP contribution is 2.22. The van der Waals surface area contributed by atoms with Gasteiger partial charge in [0.05, 0.1) is 6.61 Å². The van der Waals surface area contributed by atoms with Crippen molar-refractivity contribution in [3.05, 3.63) is 29.8 Å². The van der Waals surface area contributed by atoms with Crippen LogP contribution in [0.1, 0.15) is 26.3 Å². The first-order valence-electron chi connectivity index (χ1n) is 5.71. The van der Waals surface area contributed by atoms with Gasteiger partial charge in [0.25, 0.3) is 0 Å². The SMILES string of the molecule is CC(CO)NCc1ccc(SC(C)C)cc1. The Labute approximate surface area is 102 Å². The lowest BCUT2D eigenvalue weighted by Crippen LogP contribution is -2.28. The van der Waals surface area contributed by atoms with Gasteiger partial charge >= 0.3 is 0 Å². The van der Waals surface area contributed by atoms with Gasteiger partial charge < -0.3 is 10.4 Å². The summed E-state index contributed by atoms with van der Waals surface area (Å²) in [5.74, 6) is 0. The Morgan fingerprint density at radius 1 is 1.19 bits per heavy atom. The lowest BCUT2D eigenvalue weighted by Gasteiger charge is -2.11. The second-order valence-electron chi connectivity index (χ2n) is 4.28. The summed E-state index contributed by atoms with van der Waals surface area (Å²) >= 11 is 1.88. The van der Waals surface area contributed by atoms with Crippen LogP contribution < -0.4 is 5.32 Å². The van der Waals surface area contributed by atoms with E-state index in [0.29, 0.717) is 5.25 Å². The molecule has 0 bridgehead atoms. The van der Waals surface area contributed by atoms with Crippen molar-refractivity contribution in [1.82, 2.24) is 5.32 Å². The Kier molecular flexibility index (Phi) is 5.88. The molecular weight excluding hydrogens is 218 g/mol. The van der Waals surface area contributed by atoms with Gasteiger partial charge in [-0.3, -0.25) is 0 Å². The highest BCUT2D eigenvalue weighted by molar-refractivity contribution is 7.99. The second kappa shape index (κ2) is 6.94. The van der Waals surface area contributed by atoms with Crippen molar-refractivity contribution < 1.29 is 5.11 Å². The van der Waals surface area contributed by atoms with Crippen LogP contribution in [0.15, 0.2) is 29.2 Å². The van der Waals surface area contributed by atoms with E-state index in [2.05, 4.69) is 43.4 Å². The monoisotopic (exact) mass is 239 g/mol. The molecule has 0 saturated heterocycles. The summed E-state index contributed by atoms with van der Waals surface area (Å²) in [6.45, 7) is 7.37. The number of rotatable bonds is 6. The minimum absolute atomic E-state index is 0.157. The van der Waals surface area contributed by atoms with Crippen LogP contribution in [0.3, 0.4) is 0 Å². The van der Waals surface area contributed by atoms with E-state index < -0.39 is 0 Å². The number of hydrogen-bond acceptors (Lipinski definition) is 3. The lowest BCUT2D eigenvalue weighted by atomic mass is 10.2. The third kappa shape index (κ3) is 5.01. The van der Waals surface area contributed by atoms with Crippen LogP contribution in [0.25, 0.3) is 0 Å². The Morgan fingerprint density at radius 3 is 2.31 bits per heavy atom. The van der Waals surface area contributed by atoms with Gasteiger partial charge in [0, 0.05) is 22.7 Å². The van der Waals surface area contributed by atoms with Crippen molar-refractivity contribution in [3.63, 3.8) is 0 Å². The van der Waals surface area contributed by atoms with Crippen molar-refractivity contribution in [2.24, 2.45) is 0 Å². The lowest BCUT2D eigenvalue weighted by molar-refractivity contribution is 0.251. The predicted octanol–water partition coefficient (Wildman–Crippen LogP) is 2.66. The van der Waals surface area contributed by atoms with Crippen LogP contribution in [-0.4, -0.2) is 23.0 Å². The highest BCUT2D eigenvalue weighted by Gasteiger charge is 2.00. The quantitative estimate of drug-likeness (QED) is 0.749. The Hall–Kier alpha value is -0.510. The zero-order valence-electron chi connectivity index (χ0n) is 10.2. The molecule has 1 aromatic rings. The fourth-order valence-electron chi connectivity index (χ4n) is 1.31. The molecule has 1 rings (SSSR count). The van der Waals surface area contributed by atoms with E-state index >= 15 is 0 Å². The van der Waals surface area contributed by atoms with Crippen LogP contribution in [0.5, 0.6) is 0 Å². The molecule has 0 aliphatic rings. The molecule has 0 amide bonds. The molecule has 0 spiro atoms. The minimum atomic E-state index is 0.157. The van der Waals surface area contributed by atoms with Crippen molar-refractivity contribution in [2.75, 3.05) is 6.61 Å². The molecule has 0 aromatic heterocycles. The van der Waals surface area contributed by atoms with Crippen molar-refractivity contribution in [3.8, 4) is 0 Å². The molecule has 0 fully saturated rings. The third-order valence-electron chi connectivity index (χ3n) is 2.22. The van der Waals surface area contributed by atoms with Crippen LogP contribution in [0, 0.1) is 0 Å². The number of nitrogens with one attached hydrogen (secondary N) is 1. The summed E-state index contributed by atoms with van der Waals surface area (Å²) in [4.78, 5) is 1.31. The summed E-state index contributed by atoms with van der Waals surface area (Å²) in [6, 6.07) is 8.75. The first-order chi connectivity index (χ1) is 7.61. The molecule has 0 radical (unpaired) electrons. The van der Waals surface area contributed by atoms with Crippen molar-refractivity contribution in [1.29, 1.82) is 0 Å². The highest BCUT2D eigenvalue weighted by atomic mass is 32.2. The molecule has 0 aliphatic carbocycles. The van der Waals surface area contributed by atoms with E-state index in [9.17, 15) is 0 Å². The molecule has 3 heteroatoms. The zero-order valence-corrected chi connectivity index (χ0v) is 11.1.